The van der Waals surface area contributed by atoms with Gasteiger partial charge < -0.3 is 6.74 Å². The molecule has 1 atom stereocenters. The molecule has 1 heterocycles. The van der Waals surface area contributed by atoms with Crippen molar-refractivity contribution in [2.75, 3.05) is 17.6 Å². The predicted octanol–water partition coefficient (Wildman–Crippen LogP) is 1.28. The first kappa shape index (κ1) is 29.4. The molecule has 1 unspecified atom stereocenters. The van der Waals surface area contributed by atoms with Crippen LogP contribution in [0.5, 0.6) is 0 Å². The van der Waals surface area contributed by atoms with Crippen LogP contribution in [0.2, 0.25) is 0 Å². The van der Waals surface area contributed by atoms with E-state index in [0.29, 0.717) is 18.5 Å². The number of hydrogen-bond acceptors (Lipinski definition) is 5. The third kappa shape index (κ3) is 7.36. The maximum Gasteiger partial charge on any atom is 1.00 e. The average molecular weight is 530 g/mol. The van der Waals surface area contributed by atoms with E-state index in [2.05, 4.69) is 5.32 Å². The summed E-state index contributed by atoms with van der Waals surface area (Å²) in [5.41, 5.74) is 2.52. The molecule has 0 spiro atoms. The zero-order chi connectivity index (χ0) is 25.0. The van der Waals surface area contributed by atoms with Gasteiger partial charge in [0.2, 0.25) is 5.69 Å². The summed E-state index contributed by atoms with van der Waals surface area (Å²) in [6.07, 6.45) is 7.90. The molecule has 3 N–H and O–H groups in total. The van der Waals surface area contributed by atoms with Crippen molar-refractivity contribution in [3.8, 4) is 0 Å². The second-order valence-electron chi connectivity index (χ2n) is 8.23. The van der Waals surface area contributed by atoms with Gasteiger partial charge >= 0.3 is 29.6 Å². The number of benzene rings is 2. The topological polar surface area (TPSA) is 124 Å². The van der Waals surface area contributed by atoms with Crippen LogP contribution in [0.1, 0.15) is 33.7 Å². The number of nitrogens with zero attached hydrogens (tertiary/aromatic N) is 1. The van der Waals surface area contributed by atoms with Gasteiger partial charge in [0.25, 0.3) is 20.2 Å². The average Bonchev–Trinajstić information content (AvgIpc) is 3.00. The molecular weight excluding hydrogens is 499 g/mol. The molecule has 0 fully saturated rings. The third-order valence-electron chi connectivity index (χ3n) is 5.89. The second-order valence-corrected chi connectivity index (χ2v) is 11.2. The first-order chi connectivity index (χ1) is 16.0. The molecular formula is C24H30N2NaO6S2+. The Morgan fingerprint density at radius 3 is 2.34 bits per heavy atom. The molecule has 0 saturated carbocycles. The number of fused-ring (bicyclic) bond motifs is 1. The molecule has 35 heavy (non-hydrogen) atoms. The Balaban J connectivity index is 0.00000324. The number of para-hydroxylation sites is 1. The Morgan fingerprint density at radius 2 is 1.74 bits per heavy atom. The van der Waals surface area contributed by atoms with Crippen molar-refractivity contribution in [2.24, 2.45) is 0 Å². The Hall–Kier alpha value is -1.79. The minimum Gasteiger partial charge on any atom is -1.00 e. The molecule has 2 aromatic rings. The van der Waals surface area contributed by atoms with Crippen molar-refractivity contribution in [1.82, 2.24) is 0 Å². The van der Waals surface area contributed by atoms with Crippen LogP contribution in [0.15, 0.2) is 77.9 Å². The second kappa shape index (κ2) is 12.0. The molecule has 3 rings (SSSR count). The van der Waals surface area contributed by atoms with Crippen molar-refractivity contribution in [2.45, 2.75) is 37.0 Å². The monoisotopic (exact) mass is 529 g/mol. The van der Waals surface area contributed by atoms with E-state index in [-0.39, 0.29) is 42.3 Å². The summed E-state index contributed by atoms with van der Waals surface area (Å²) in [5.74, 6) is -0.403. The van der Waals surface area contributed by atoms with E-state index in [9.17, 15) is 25.9 Å². The Bertz CT molecular complexity index is 1360. The van der Waals surface area contributed by atoms with Crippen LogP contribution >= 0.6 is 0 Å². The summed E-state index contributed by atoms with van der Waals surface area (Å²) in [6.45, 7) is 4.47. The fraction of sp³-hybridized carbons (Fsp3) is 0.292. The zero-order valence-corrected chi connectivity index (χ0v) is 23.7. The Morgan fingerprint density at radius 1 is 1.06 bits per heavy atom. The molecule has 184 valence electrons. The summed E-state index contributed by atoms with van der Waals surface area (Å²) < 4.78 is 66.9. The number of allylic oxidation sites excluding steroid dienone is 3. The summed E-state index contributed by atoms with van der Waals surface area (Å²) in [5, 5.41) is 3.16. The molecule has 1 aliphatic rings. The van der Waals surface area contributed by atoms with Crippen LogP contribution < -0.4 is 34.9 Å². The van der Waals surface area contributed by atoms with Crippen LogP contribution in [0.25, 0.3) is 0 Å². The number of nitrogens with one attached hydrogen (secondary N) is 1. The number of rotatable bonds is 10. The normalized spacial score (nSPS) is 18.2. The van der Waals surface area contributed by atoms with Gasteiger partial charge in [-0.1, -0.05) is 24.3 Å². The van der Waals surface area contributed by atoms with Gasteiger partial charge in [-0.05, 0) is 57.0 Å². The van der Waals surface area contributed by atoms with Crippen LogP contribution in [0.3, 0.4) is 0 Å². The van der Waals surface area contributed by atoms with E-state index >= 15 is 0 Å². The van der Waals surface area contributed by atoms with Gasteiger partial charge in [0, 0.05) is 29.6 Å². The minimum atomic E-state index is -4.41. The fourth-order valence-corrected chi connectivity index (χ4v) is 5.30. The standard InChI is InChI=1S/C24H28N2O6S2.Na.H/c1-3-26-22-14-13-20(34(30,31)32)18-21(22)24(2,15-9-17-33(27,28)29)23(26)12-7-8-16-25-19-10-5-4-6-11-19;;/h4-8,10-14,16,18H,3,9,15,17H2,1-2H3,(H2,27,28,29,30,31,32);;/q;+1;-1/p+1. The van der Waals surface area contributed by atoms with E-state index < -0.39 is 31.4 Å². The van der Waals surface area contributed by atoms with Gasteiger partial charge in [0.05, 0.1) is 16.1 Å². The van der Waals surface area contributed by atoms with Crippen molar-refractivity contribution in [3.63, 3.8) is 0 Å². The van der Waals surface area contributed by atoms with Gasteiger partial charge in [-0.3, -0.25) is 9.11 Å². The fourth-order valence-electron chi connectivity index (χ4n) is 4.28. The van der Waals surface area contributed by atoms with Crippen LogP contribution in [-0.2, 0) is 25.7 Å². The maximum absolute atomic E-state index is 11.8. The first-order valence-electron chi connectivity index (χ1n) is 10.8. The van der Waals surface area contributed by atoms with Gasteiger partial charge in [-0.2, -0.15) is 21.4 Å². The molecule has 2 aromatic carbocycles. The quantitative estimate of drug-likeness (QED) is 0.183. The minimum absolute atomic E-state index is 0. The van der Waals surface area contributed by atoms with Crippen LogP contribution in [0.4, 0.5) is 11.4 Å². The Labute approximate surface area is 230 Å². The largest absolute Gasteiger partial charge is 1.00 e. The van der Waals surface area contributed by atoms with Gasteiger partial charge in [-0.25, -0.2) is 0 Å². The SMILES string of the molecule is CC[N+]1=C(/C=C/C=C/Nc2ccccc2)C(C)(CCCS(=O)(=O)O)c2cc(S(=O)(=O)O)ccc21.[H-].[Na+]. The van der Waals surface area contributed by atoms with Gasteiger partial charge in [0.1, 0.15) is 6.54 Å². The van der Waals surface area contributed by atoms with E-state index in [1.165, 1.54) is 12.1 Å². The molecule has 0 aromatic heterocycles. The third-order valence-corrected chi connectivity index (χ3v) is 7.54. The summed E-state index contributed by atoms with van der Waals surface area (Å²) >= 11 is 0. The van der Waals surface area contributed by atoms with Crippen molar-refractivity contribution >= 4 is 37.3 Å². The van der Waals surface area contributed by atoms with Crippen LogP contribution in [-0.4, -0.2) is 48.5 Å². The molecule has 1 aliphatic heterocycles. The van der Waals surface area contributed by atoms with Crippen molar-refractivity contribution in [1.29, 1.82) is 0 Å². The summed E-state index contributed by atoms with van der Waals surface area (Å²) in [4.78, 5) is -0.222. The van der Waals surface area contributed by atoms with E-state index in [0.717, 1.165) is 17.1 Å². The maximum atomic E-state index is 11.8. The molecule has 0 saturated heterocycles. The molecule has 0 amide bonds. The molecule has 11 heteroatoms. The van der Waals surface area contributed by atoms with E-state index in [1.807, 2.05) is 67.0 Å². The first-order valence-corrected chi connectivity index (χ1v) is 13.9. The summed E-state index contributed by atoms with van der Waals surface area (Å²) in [7, 11) is -8.55. The predicted molar refractivity (Wildman–Crippen MR) is 134 cm³/mol. The zero-order valence-electron chi connectivity index (χ0n) is 21.0. The number of hydrogen-bond donors (Lipinski definition) is 3. The molecule has 0 radical (unpaired) electrons. The molecule has 0 bridgehead atoms. The van der Waals surface area contributed by atoms with E-state index in [4.69, 9.17) is 0 Å². The summed E-state index contributed by atoms with van der Waals surface area (Å²) in [6, 6.07) is 14.1. The van der Waals surface area contributed by atoms with E-state index in [1.54, 1.807) is 12.3 Å². The van der Waals surface area contributed by atoms with Crippen molar-refractivity contribution in [3.05, 3.63) is 78.5 Å². The van der Waals surface area contributed by atoms with Crippen LogP contribution in [0, 0.1) is 0 Å². The number of anilines is 1. The van der Waals surface area contributed by atoms with Gasteiger partial charge in [0.15, 0.2) is 5.71 Å². The van der Waals surface area contributed by atoms with Crippen molar-refractivity contribution < 1.29 is 61.5 Å². The van der Waals surface area contributed by atoms with Gasteiger partial charge in [-0.15, -0.1) is 0 Å². The molecule has 0 aliphatic carbocycles. The molecule has 8 nitrogen and oxygen atoms in total. The Kier molecular flexibility index (Phi) is 10.1. The smallest absolute Gasteiger partial charge is 1.00 e.